The number of alkyl halides is 3. The van der Waals surface area contributed by atoms with Crippen molar-refractivity contribution in [3.05, 3.63) is 53.2 Å². The van der Waals surface area contributed by atoms with E-state index < -0.39 is 21.7 Å². The van der Waals surface area contributed by atoms with Crippen LogP contribution >= 0.6 is 46.4 Å². The molecule has 0 aliphatic carbocycles. The lowest BCUT2D eigenvalue weighted by molar-refractivity contribution is 0.0914. The number of carbonyl (C=O) groups is 1. The molecule has 0 radical (unpaired) electrons. The highest BCUT2D eigenvalue weighted by molar-refractivity contribution is 6.68. The van der Waals surface area contributed by atoms with Crippen LogP contribution in [0, 0.1) is 5.82 Å². The molecule has 9 heteroatoms. The molecule has 2 rings (SSSR count). The zero-order chi connectivity index (χ0) is 16.3. The quantitative estimate of drug-likeness (QED) is 0.596. The average Bonchev–Trinajstić information content (AvgIpc) is 2.95. The third-order valence-corrected chi connectivity index (χ3v) is 3.52. The van der Waals surface area contributed by atoms with Gasteiger partial charge in [0.05, 0.1) is 11.3 Å². The van der Waals surface area contributed by atoms with Crippen molar-refractivity contribution in [3.63, 3.8) is 0 Å². The van der Waals surface area contributed by atoms with Crippen LogP contribution in [0.3, 0.4) is 0 Å². The van der Waals surface area contributed by atoms with Crippen molar-refractivity contribution in [1.82, 2.24) is 5.32 Å². The van der Waals surface area contributed by atoms with Gasteiger partial charge in [-0.25, -0.2) is 4.39 Å². The zero-order valence-corrected chi connectivity index (χ0v) is 13.8. The van der Waals surface area contributed by atoms with Gasteiger partial charge in [-0.3, -0.25) is 4.79 Å². The normalized spacial score (nSPS) is 12.8. The van der Waals surface area contributed by atoms with E-state index in [2.05, 4.69) is 10.6 Å². The summed E-state index contributed by atoms with van der Waals surface area (Å²) in [6.45, 7) is 0. The number of hydrogen-bond donors (Lipinski definition) is 2. The first-order chi connectivity index (χ1) is 10.3. The second-order valence-electron chi connectivity index (χ2n) is 4.20. The fraction of sp³-hybridized carbons (Fsp3) is 0.154. The first-order valence-electron chi connectivity index (χ1n) is 5.90. The Hall–Kier alpha value is -1.14. The van der Waals surface area contributed by atoms with Crippen LogP contribution in [0.5, 0.6) is 0 Å². The largest absolute Gasteiger partial charge is 0.459 e. The highest BCUT2D eigenvalue weighted by atomic mass is 35.6. The Labute approximate surface area is 145 Å². The van der Waals surface area contributed by atoms with Crippen LogP contribution in [0.4, 0.5) is 10.1 Å². The Balaban J connectivity index is 2.16. The zero-order valence-electron chi connectivity index (χ0n) is 10.7. The van der Waals surface area contributed by atoms with Crippen molar-refractivity contribution in [2.75, 3.05) is 5.32 Å². The summed E-state index contributed by atoms with van der Waals surface area (Å²) in [5.74, 6) is -1.11. The molecule has 0 saturated heterocycles. The minimum atomic E-state index is -1.87. The fourth-order valence-corrected chi connectivity index (χ4v) is 2.07. The summed E-state index contributed by atoms with van der Waals surface area (Å²) in [6, 6.07) is 6.85. The Morgan fingerprint density at radius 3 is 2.55 bits per heavy atom. The van der Waals surface area contributed by atoms with Crippen LogP contribution in [-0.4, -0.2) is 15.9 Å². The first-order valence-corrected chi connectivity index (χ1v) is 7.41. The molecule has 1 unspecified atom stereocenters. The van der Waals surface area contributed by atoms with Gasteiger partial charge in [0, 0.05) is 5.69 Å². The molecule has 118 valence electrons. The van der Waals surface area contributed by atoms with Crippen molar-refractivity contribution in [2.45, 2.75) is 9.96 Å². The summed E-state index contributed by atoms with van der Waals surface area (Å²) in [5.41, 5.74) is 0.363. The molecule has 1 aromatic heterocycles. The number of halogens is 5. The van der Waals surface area contributed by atoms with Gasteiger partial charge in [-0.15, -0.1) is 0 Å². The molecule has 2 aromatic rings. The number of furan rings is 1. The van der Waals surface area contributed by atoms with Crippen LogP contribution in [-0.2, 0) is 0 Å². The molecular formula is C13H9Cl4FN2O2. The lowest BCUT2D eigenvalue weighted by Crippen LogP contribution is -2.49. The van der Waals surface area contributed by atoms with E-state index in [0.29, 0.717) is 5.69 Å². The smallest absolute Gasteiger partial charge is 0.288 e. The number of benzene rings is 1. The van der Waals surface area contributed by atoms with Crippen LogP contribution in [0.1, 0.15) is 10.6 Å². The number of rotatable bonds is 4. The molecule has 0 spiro atoms. The maximum Gasteiger partial charge on any atom is 0.288 e. The molecule has 1 heterocycles. The predicted molar refractivity (Wildman–Crippen MR) is 85.3 cm³/mol. The van der Waals surface area contributed by atoms with Gasteiger partial charge in [-0.05, 0) is 30.3 Å². The Morgan fingerprint density at radius 1 is 1.27 bits per heavy atom. The molecule has 1 aromatic carbocycles. The molecule has 0 fully saturated rings. The van der Waals surface area contributed by atoms with E-state index in [4.69, 9.17) is 50.8 Å². The monoisotopic (exact) mass is 384 g/mol. The van der Waals surface area contributed by atoms with E-state index in [1.807, 2.05) is 0 Å². The molecule has 2 N–H and O–H groups in total. The van der Waals surface area contributed by atoms with E-state index >= 15 is 0 Å². The second-order valence-corrected chi connectivity index (χ2v) is 6.97. The summed E-state index contributed by atoms with van der Waals surface area (Å²) in [6.07, 6.45) is 0.239. The molecule has 22 heavy (non-hydrogen) atoms. The van der Waals surface area contributed by atoms with E-state index in [-0.39, 0.29) is 10.8 Å². The lowest BCUT2D eigenvalue weighted by atomic mass is 10.3. The summed E-state index contributed by atoms with van der Waals surface area (Å²) in [7, 11) is 0. The Kier molecular flexibility index (Phi) is 5.45. The van der Waals surface area contributed by atoms with Crippen molar-refractivity contribution in [2.24, 2.45) is 0 Å². The van der Waals surface area contributed by atoms with Gasteiger partial charge in [0.15, 0.2) is 5.76 Å². The van der Waals surface area contributed by atoms with Gasteiger partial charge in [0.2, 0.25) is 3.79 Å². The highest BCUT2D eigenvalue weighted by Gasteiger charge is 2.34. The summed E-state index contributed by atoms with van der Waals surface area (Å²) in [4.78, 5) is 12.0. The predicted octanol–water partition coefficient (Wildman–Crippen LogP) is 4.61. The fourth-order valence-electron chi connectivity index (χ4n) is 1.56. The highest BCUT2D eigenvalue weighted by Crippen LogP contribution is 2.32. The summed E-state index contributed by atoms with van der Waals surface area (Å²) < 4.78 is 16.2. The molecule has 0 saturated carbocycles. The van der Waals surface area contributed by atoms with Crippen LogP contribution < -0.4 is 10.6 Å². The Morgan fingerprint density at radius 2 is 2.00 bits per heavy atom. The van der Waals surface area contributed by atoms with Crippen molar-refractivity contribution >= 4 is 58.0 Å². The van der Waals surface area contributed by atoms with Gasteiger partial charge < -0.3 is 15.1 Å². The maximum atomic E-state index is 13.1. The standard InChI is InChI=1S/C13H9Cl4FN2O2/c14-8-6-7(3-4-9(8)18)19-12(13(15,16)17)20-11(21)10-2-1-5-22-10/h1-6,12,19H,(H,20,21). The molecule has 1 atom stereocenters. The molecule has 0 bridgehead atoms. The first kappa shape index (κ1) is 17.2. The van der Waals surface area contributed by atoms with Gasteiger partial charge in [0.25, 0.3) is 5.91 Å². The number of carbonyl (C=O) groups excluding carboxylic acids is 1. The third-order valence-electron chi connectivity index (χ3n) is 2.58. The summed E-state index contributed by atoms with van der Waals surface area (Å²) in [5, 5.41) is 5.12. The minimum absolute atomic E-state index is 0.0539. The van der Waals surface area contributed by atoms with Gasteiger partial charge in [0.1, 0.15) is 12.0 Å². The Bertz CT molecular complexity index is 659. The van der Waals surface area contributed by atoms with Gasteiger partial charge >= 0.3 is 0 Å². The summed E-state index contributed by atoms with van der Waals surface area (Å²) >= 11 is 23.2. The van der Waals surface area contributed by atoms with E-state index in [1.165, 1.54) is 24.5 Å². The SMILES string of the molecule is O=C(NC(Nc1ccc(F)c(Cl)c1)C(Cl)(Cl)Cl)c1ccco1. The van der Waals surface area contributed by atoms with E-state index in [9.17, 15) is 9.18 Å². The van der Waals surface area contributed by atoms with Gasteiger partial charge in [-0.1, -0.05) is 46.4 Å². The molecule has 0 aliphatic heterocycles. The minimum Gasteiger partial charge on any atom is -0.459 e. The van der Waals surface area contributed by atoms with Gasteiger partial charge in [-0.2, -0.15) is 0 Å². The molecule has 4 nitrogen and oxygen atoms in total. The number of amides is 1. The number of anilines is 1. The third kappa shape index (κ3) is 4.43. The number of nitrogens with one attached hydrogen (secondary N) is 2. The van der Waals surface area contributed by atoms with E-state index in [0.717, 1.165) is 6.07 Å². The van der Waals surface area contributed by atoms with E-state index in [1.54, 1.807) is 6.07 Å². The second kappa shape index (κ2) is 6.96. The van der Waals surface area contributed by atoms with Crippen molar-refractivity contribution in [1.29, 1.82) is 0 Å². The average molecular weight is 386 g/mol. The molecular weight excluding hydrogens is 377 g/mol. The molecule has 0 aliphatic rings. The maximum absolute atomic E-state index is 13.1. The lowest BCUT2D eigenvalue weighted by Gasteiger charge is -2.27. The topological polar surface area (TPSA) is 54.3 Å². The van der Waals surface area contributed by atoms with Crippen LogP contribution in [0.25, 0.3) is 0 Å². The van der Waals surface area contributed by atoms with Crippen molar-refractivity contribution < 1.29 is 13.6 Å². The van der Waals surface area contributed by atoms with Crippen LogP contribution in [0.15, 0.2) is 41.0 Å². The van der Waals surface area contributed by atoms with Crippen LogP contribution in [0.2, 0.25) is 5.02 Å². The number of hydrogen-bond acceptors (Lipinski definition) is 3. The molecule has 1 amide bonds. The van der Waals surface area contributed by atoms with Crippen molar-refractivity contribution in [3.8, 4) is 0 Å².